The molecule has 0 saturated carbocycles. The number of hydrogen-bond acceptors (Lipinski definition) is 5. The zero-order valence-corrected chi connectivity index (χ0v) is 15.2. The second kappa shape index (κ2) is 8.26. The van der Waals surface area contributed by atoms with Gasteiger partial charge in [-0.15, -0.1) is 21.5 Å². The monoisotopic (exact) mass is 376 g/mol. The predicted octanol–water partition coefficient (Wildman–Crippen LogP) is 3.76. The lowest BCUT2D eigenvalue weighted by molar-refractivity contribution is -0.113. The molecule has 3 aromatic rings. The number of anilines is 1. The molecule has 0 atom stereocenters. The van der Waals surface area contributed by atoms with Crippen molar-refractivity contribution in [1.82, 2.24) is 14.8 Å². The van der Waals surface area contributed by atoms with Crippen LogP contribution in [-0.4, -0.2) is 26.4 Å². The quantitative estimate of drug-likeness (QED) is 0.638. The van der Waals surface area contributed by atoms with Gasteiger partial charge in [0.25, 0.3) is 0 Å². The summed E-state index contributed by atoms with van der Waals surface area (Å²) in [5.41, 5.74) is 0.999. The van der Waals surface area contributed by atoms with E-state index in [0.29, 0.717) is 16.4 Å². The van der Waals surface area contributed by atoms with E-state index >= 15 is 0 Å². The third kappa shape index (κ3) is 4.90. The van der Waals surface area contributed by atoms with Gasteiger partial charge in [-0.05, 0) is 42.5 Å². The lowest BCUT2D eigenvalue weighted by atomic mass is 10.2. The van der Waals surface area contributed by atoms with Gasteiger partial charge in [-0.3, -0.25) is 4.79 Å². The molecule has 8 heteroatoms. The minimum atomic E-state index is -0.334. The highest BCUT2D eigenvalue weighted by Gasteiger charge is 2.10. The van der Waals surface area contributed by atoms with Gasteiger partial charge >= 0.3 is 0 Å². The molecule has 0 aliphatic rings. The van der Waals surface area contributed by atoms with Crippen molar-refractivity contribution < 1.29 is 9.18 Å². The first kappa shape index (κ1) is 17.6. The fourth-order valence-corrected chi connectivity index (χ4v) is 3.63. The van der Waals surface area contributed by atoms with E-state index in [-0.39, 0.29) is 17.5 Å². The van der Waals surface area contributed by atoms with Crippen molar-refractivity contribution in [2.24, 2.45) is 0 Å². The van der Waals surface area contributed by atoms with Crippen LogP contribution in [0.15, 0.2) is 47.2 Å². The second-order valence-corrected chi connectivity index (χ2v) is 7.41. The van der Waals surface area contributed by atoms with Crippen LogP contribution in [0.1, 0.15) is 10.4 Å². The highest BCUT2D eigenvalue weighted by atomic mass is 32.2. The molecule has 5 nitrogen and oxygen atoms in total. The minimum Gasteiger partial charge on any atom is -0.325 e. The number of hydrogen-bond donors (Lipinski definition) is 1. The number of amides is 1. The van der Waals surface area contributed by atoms with Gasteiger partial charge in [-0.2, -0.15) is 0 Å². The second-order valence-electron chi connectivity index (χ2n) is 5.44. The molecule has 1 N–H and O–H groups in total. The summed E-state index contributed by atoms with van der Waals surface area (Å²) in [6.45, 7) is 2.44. The summed E-state index contributed by atoms with van der Waals surface area (Å²) >= 11 is 3.03. The normalized spacial score (nSPS) is 10.8. The topological polar surface area (TPSA) is 59.8 Å². The van der Waals surface area contributed by atoms with Crippen LogP contribution in [0.5, 0.6) is 0 Å². The van der Waals surface area contributed by atoms with E-state index in [9.17, 15) is 9.18 Å². The molecule has 1 amide bonds. The van der Waals surface area contributed by atoms with Crippen LogP contribution in [0.25, 0.3) is 0 Å². The van der Waals surface area contributed by atoms with Gasteiger partial charge in [0.1, 0.15) is 12.1 Å². The number of halogens is 1. The minimum absolute atomic E-state index is 0.188. The Morgan fingerprint density at radius 1 is 1.40 bits per heavy atom. The predicted molar refractivity (Wildman–Crippen MR) is 98.5 cm³/mol. The third-order valence-corrected chi connectivity index (χ3v) is 5.46. The zero-order valence-electron chi connectivity index (χ0n) is 13.6. The Hall–Kier alpha value is -2.19. The van der Waals surface area contributed by atoms with Crippen LogP contribution in [0.3, 0.4) is 0 Å². The molecule has 0 fully saturated rings. The summed E-state index contributed by atoms with van der Waals surface area (Å²) in [5.74, 6) is -0.354. The maximum atomic E-state index is 13.5. The fraction of sp³-hybridized carbons (Fsp3) is 0.235. The first-order chi connectivity index (χ1) is 12.1. The van der Waals surface area contributed by atoms with Gasteiger partial charge in [0.05, 0.1) is 5.75 Å². The van der Waals surface area contributed by atoms with Crippen molar-refractivity contribution in [2.45, 2.75) is 25.0 Å². The summed E-state index contributed by atoms with van der Waals surface area (Å²) < 4.78 is 15.4. The number of nitrogens with zero attached hydrogens (tertiary/aromatic N) is 3. The third-order valence-electron chi connectivity index (χ3n) is 3.55. The number of carbonyl (C=O) groups is 1. The summed E-state index contributed by atoms with van der Waals surface area (Å²) in [5, 5.41) is 13.4. The average molecular weight is 376 g/mol. The largest absolute Gasteiger partial charge is 0.325 e. The van der Waals surface area contributed by atoms with Crippen molar-refractivity contribution in [3.8, 4) is 0 Å². The maximum absolute atomic E-state index is 13.5. The Kier molecular flexibility index (Phi) is 5.83. The number of aryl methyl sites for hydroxylation is 3. The molecule has 0 aliphatic carbocycles. The van der Waals surface area contributed by atoms with E-state index in [0.717, 1.165) is 13.0 Å². The van der Waals surface area contributed by atoms with Crippen LogP contribution < -0.4 is 5.32 Å². The Labute approximate surface area is 153 Å². The molecule has 0 unspecified atom stereocenters. The molecule has 25 heavy (non-hydrogen) atoms. The number of rotatable bonds is 7. The van der Waals surface area contributed by atoms with E-state index in [1.165, 1.54) is 22.7 Å². The van der Waals surface area contributed by atoms with E-state index in [1.807, 2.05) is 10.6 Å². The van der Waals surface area contributed by atoms with E-state index in [1.54, 1.807) is 36.7 Å². The molecule has 130 valence electrons. The van der Waals surface area contributed by atoms with Crippen LogP contribution in [0.4, 0.5) is 10.1 Å². The molecule has 1 aromatic carbocycles. The van der Waals surface area contributed by atoms with Crippen LogP contribution in [-0.2, 0) is 17.8 Å². The SMILES string of the molecule is Cc1ccc(NC(=O)CSc2nncn2CCc2cccs2)cc1F. The van der Waals surface area contributed by atoms with Gasteiger partial charge in [0, 0.05) is 17.1 Å². The smallest absolute Gasteiger partial charge is 0.234 e. The molecular formula is C17H17FN4OS2. The number of benzene rings is 1. The Balaban J connectivity index is 1.52. The van der Waals surface area contributed by atoms with Crippen LogP contribution in [0.2, 0.25) is 0 Å². The van der Waals surface area contributed by atoms with Crippen molar-refractivity contribution >= 4 is 34.7 Å². The molecule has 0 saturated heterocycles. The van der Waals surface area contributed by atoms with Gasteiger partial charge < -0.3 is 9.88 Å². The highest BCUT2D eigenvalue weighted by Crippen LogP contribution is 2.18. The number of carbonyl (C=O) groups excluding carboxylic acids is 1. The van der Waals surface area contributed by atoms with Crippen molar-refractivity contribution in [2.75, 3.05) is 11.1 Å². The summed E-state index contributed by atoms with van der Waals surface area (Å²) in [7, 11) is 0. The van der Waals surface area contributed by atoms with Crippen LogP contribution in [0, 0.1) is 12.7 Å². The van der Waals surface area contributed by atoms with Gasteiger partial charge in [0.15, 0.2) is 5.16 Å². The van der Waals surface area contributed by atoms with Gasteiger partial charge in [-0.25, -0.2) is 4.39 Å². The maximum Gasteiger partial charge on any atom is 0.234 e. The van der Waals surface area contributed by atoms with Crippen molar-refractivity contribution in [1.29, 1.82) is 0 Å². The summed E-state index contributed by atoms with van der Waals surface area (Å²) in [6.07, 6.45) is 2.57. The Bertz CT molecular complexity index is 848. The lowest BCUT2D eigenvalue weighted by Crippen LogP contribution is -2.15. The summed E-state index contributed by atoms with van der Waals surface area (Å²) in [6, 6.07) is 8.77. The molecule has 3 rings (SSSR count). The Morgan fingerprint density at radius 2 is 2.28 bits per heavy atom. The number of thiophene rings is 1. The Morgan fingerprint density at radius 3 is 3.04 bits per heavy atom. The molecule has 2 heterocycles. The van der Waals surface area contributed by atoms with Gasteiger partial charge in [0.2, 0.25) is 5.91 Å². The van der Waals surface area contributed by atoms with Crippen molar-refractivity contribution in [3.05, 3.63) is 58.3 Å². The van der Waals surface area contributed by atoms with Crippen molar-refractivity contribution in [3.63, 3.8) is 0 Å². The van der Waals surface area contributed by atoms with E-state index < -0.39 is 0 Å². The molecule has 2 aromatic heterocycles. The number of thioether (sulfide) groups is 1. The number of aromatic nitrogens is 3. The van der Waals surface area contributed by atoms with Gasteiger partial charge in [-0.1, -0.05) is 23.9 Å². The average Bonchev–Trinajstić information content (AvgIpc) is 3.25. The van der Waals surface area contributed by atoms with E-state index in [4.69, 9.17) is 0 Å². The molecule has 0 spiro atoms. The summed E-state index contributed by atoms with van der Waals surface area (Å²) in [4.78, 5) is 13.3. The molecule has 0 aliphatic heterocycles. The first-order valence-electron chi connectivity index (χ1n) is 7.71. The molecule has 0 bridgehead atoms. The zero-order chi connectivity index (χ0) is 17.6. The van der Waals surface area contributed by atoms with Crippen LogP contribution >= 0.6 is 23.1 Å². The standard InChI is InChI=1S/C17H17FN4OS2/c1-12-4-5-13(9-15(12)18)20-16(23)10-25-17-21-19-11-22(17)7-6-14-3-2-8-24-14/h2-5,8-9,11H,6-7,10H2,1H3,(H,20,23). The highest BCUT2D eigenvalue weighted by molar-refractivity contribution is 7.99. The number of nitrogens with one attached hydrogen (secondary N) is 1. The first-order valence-corrected chi connectivity index (χ1v) is 9.57. The molecule has 0 radical (unpaired) electrons. The van der Waals surface area contributed by atoms with E-state index in [2.05, 4.69) is 27.0 Å². The molecular weight excluding hydrogens is 359 g/mol. The fourth-order valence-electron chi connectivity index (χ4n) is 2.19. The lowest BCUT2D eigenvalue weighted by Gasteiger charge is -2.07.